The number of ether oxygens (including phenoxy) is 1. The van der Waals surface area contributed by atoms with E-state index >= 15 is 0 Å². The summed E-state index contributed by atoms with van der Waals surface area (Å²) in [5.41, 5.74) is 1.30. The van der Waals surface area contributed by atoms with Crippen molar-refractivity contribution in [2.45, 2.75) is 19.4 Å². The molecule has 144 valence electrons. The van der Waals surface area contributed by atoms with Gasteiger partial charge in [0, 0.05) is 13.0 Å². The van der Waals surface area contributed by atoms with E-state index in [4.69, 9.17) is 9.26 Å². The molecule has 4 rings (SSSR count). The molecule has 28 heavy (non-hydrogen) atoms. The molecule has 0 spiro atoms. The van der Waals surface area contributed by atoms with Crippen molar-refractivity contribution in [3.05, 3.63) is 65.4 Å². The van der Waals surface area contributed by atoms with E-state index in [2.05, 4.69) is 52.4 Å². The number of rotatable bonds is 8. The lowest BCUT2D eigenvalue weighted by atomic mass is 10.1. The summed E-state index contributed by atoms with van der Waals surface area (Å²) in [4.78, 5) is 7.85. The minimum Gasteiger partial charge on any atom is -0.497 e. The average molecular weight is 394 g/mol. The van der Waals surface area contributed by atoms with Gasteiger partial charge in [-0.1, -0.05) is 29.4 Å². The molecule has 0 aliphatic rings. The molecule has 4 aromatic rings. The molecule has 0 unspecified atom stereocenters. The van der Waals surface area contributed by atoms with Gasteiger partial charge in [-0.05, 0) is 66.0 Å². The maximum absolute atomic E-state index is 5.37. The molecule has 6 heteroatoms. The first kappa shape index (κ1) is 18.7. The van der Waals surface area contributed by atoms with Gasteiger partial charge in [-0.2, -0.15) is 4.98 Å². The molecule has 0 aliphatic carbocycles. The first-order chi connectivity index (χ1) is 13.7. The quantitative estimate of drug-likeness (QED) is 0.420. The van der Waals surface area contributed by atoms with E-state index < -0.39 is 0 Å². The van der Waals surface area contributed by atoms with E-state index in [9.17, 15) is 0 Å². The standard InChI is InChI=1S/C22H23N3O2S/c1-25(11-3-6-21-23-22(24-27-21)20-5-4-12-28-20)15-16-7-8-18-14-19(26-2)10-9-17(18)13-16/h4-5,7-10,12-14H,3,6,11,15H2,1-2H3. The van der Waals surface area contributed by atoms with E-state index in [-0.39, 0.29) is 0 Å². The fourth-order valence-electron chi connectivity index (χ4n) is 3.25. The fourth-order valence-corrected chi connectivity index (χ4v) is 3.90. The summed E-state index contributed by atoms with van der Waals surface area (Å²) in [6.07, 6.45) is 1.77. The Labute approximate surface area is 168 Å². The molecule has 0 aliphatic heterocycles. The van der Waals surface area contributed by atoms with Gasteiger partial charge >= 0.3 is 0 Å². The number of benzene rings is 2. The molecule has 0 N–H and O–H groups in total. The third-order valence-electron chi connectivity index (χ3n) is 4.70. The van der Waals surface area contributed by atoms with Crippen LogP contribution in [0.25, 0.3) is 21.5 Å². The Kier molecular flexibility index (Phi) is 5.69. The first-order valence-electron chi connectivity index (χ1n) is 9.33. The highest BCUT2D eigenvalue weighted by Gasteiger charge is 2.10. The van der Waals surface area contributed by atoms with Crippen molar-refractivity contribution < 1.29 is 9.26 Å². The molecule has 0 saturated carbocycles. The lowest BCUT2D eigenvalue weighted by molar-refractivity contribution is 0.310. The Hall–Kier alpha value is -2.70. The predicted octanol–water partition coefficient (Wildman–Crippen LogP) is 5.02. The van der Waals surface area contributed by atoms with Crippen LogP contribution < -0.4 is 4.74 Å². The number of hydrogen-bond donors (Lipinski definition) is 0. The van der Waals surface area contributed by atoms with Gasteiger partial charge in [-0.25, -0.2) is 0 Å². The summed E-state index contributed by atoms with van der Waals surface area (Å²) >= 11 is 1.62. The smallest absolute Gasteiger partial charge is 0.227 e. The van der Waals surface area contributed by atoms with Crippen molar-refractivity contribution in [3.8, 4) is 16.5 Å². The highest BCUT2D eigenvalue weighted by molar-refractivity contribution is 7.13. The normalized spacial score (nSPS) is 11.4. The molecule has 0 bridgehead atoms. The second-order valence-electron chi connectivity index (χ2n) is 6.88. The lowest BCUT2D eigenvalue weighted by Gasteiger charge is -2.16. The molecule has 0 fully saturated rings. The Balaban J connectivity index is 1.29. The van der Waals surface area contributed by atoms with Crippen molar-refractivity contribution >= 4 is 22.1 Å². The summed E-state index contributed by atoms with van der Waals surface area (Å²) in [7, 11) is 3.84. The van der Waals surface area contributed by atoms with Crippen LogP contribution in [0.1, 0.15) is 17.9 Å². The number of aromatic nitrogens is 2. The Morgan fingerprint density at radius 2 is 1.96 bits per heavy atom. The first-order valence-corrected chi connectivity index (χ1v) is 10.2. The van der Waals surface area contributed by atoms with Crippen LogP contribution in [0.4, 0.5) is 0 Å². The number of aryl methyl sites for hydroxylation is 1. The highest BCUT2D eigenvalue weighted by atomic mass is 32.1. The predicted molar refractivity (Wildman–Crippen MR) is 113 cm³/mol. The van der Waals surface area contributed by atoms with Gasteiger partial charge in [-0.3, -0.25) is 0 Å². The van der Waals surface area contributed by atoms with Crippen LogP contribution in [0.5, 0.6) is 5.75 Å². The molecule has 0 atom stereocenters. The van der Waals surface area contributed by atoms with Crippen molar-refractivity contribution in [2.24, 2.45) is 0 Å². The van der Waals surface area contributed by atoms with Crippen LogP contribution in [0, 0.1) is 0 Å². The highest BCUT2D eigenvalue weighted by Crippen LogP contribution is 2.23. The van der Waals surface area contributed by atoms with Gasteiger partial charge in [-0.15, -0.1) is 11.3 Å². The van der Waals surface area contributed by atoms with E-state index in [1.807, 2.05) is 23.6 Å². The van der Waals surface area contributed by atoms with Crippen LogP contribution in [-0.2, 0) is 13.0 Å². The summed E-state index contributed by atoms with van der Waals surface area (Å²) < 4.78 is 10.7. The van der Waals surface area contributed by atoms with Gasteiger partial charge < -0.3 is 14.2 Å². The number of methoxy groups -OCH3 is 1. The van der Waals surface area contributed by atoms with Crippen LogP contribution in [-0.4, -0.2) is 35.7 Å². The zero-order valence-corrected chi connectivity index (χ0v) is 16.9. The maximum atomic E-state index is 5.37. The average Bonchev–Trinajstić information content (AvgIpc) is 3.39. The van der Waals surface area contributed by atoms with Crippen molar-refractivity contribution in [2.75, 3.05) is 20.7 Å². The molecular weight excluding hydrogens is 370 g/mol. The third-order valence-corrected chi connectivity index (χ3v) is 5.57. The van der Waals surface area contributed by atoms with Crippen LogP contribution in [0.2, 0.25) is 0 Å². The van der Waals surface area contributed by atoms with Gasteiger partial charge in [0.15, 0.2) is 0 Å². The van der Waals surface area contributed by atoms with Gasteiger partial charge in [0.05, 0.1) is 12.0 Å². The van der Waals surface area contributed by atoms with Gasteiger partial charge in [0.1, 0.15) is 5.75 Å². The molecule has 5 nitrogen and oxygen atoms in total. The summed E-state index contributed by atoms with van der Waals surface area (Å²) in [6.45, 7) is 1.88. The van der Waals surface area contributed by atoms with Crippen molar-refractivity contribution in [1.29, 1.82) is 0 Å². The number of nitrogens with zero attached hydrogens (tertiary/aromatic N) is 3. The SMILES string of the molecule is COc1ccc2cc(CN(C)CCCc3nc(-c4cccs4)no3)ccc2c1. The zero-order chi connectivity index (χ0) is 19.3. The summed E-state index contributed by atoms with van der Waals surface area (Å²) in [6, 6.07) is 16.8. The van der Waals surface area contributed by atoms with E-state index in [1.165, 1.54) is 16.3 Å². The van der Waals surface area contributed by atoms with E-state index in [1.54, 1.807) is 18.4 Å². The van der Waals surface area contributed by atoms with Crippen LogP contribution >= 0.6 is 11.3 Å². The molecule has 0 saturated heterocycles. The second kappa shape index (κ2) is 8.54. The summed E-state index contributed by atoms with van der Waals surface area (Å²) in [5.74, 6) is 2.28. The monoisotopic (exact) mass is 393 g/mol. The Morgan fingerprint density at radius 3 is 2.79 bits per heavy atom. The van der Waals surface area contributed by atoms with Crippen LogP contribution in [0.3, 0.4) is 0 Å². The largest absolute Gasteiger partial charge is 0.497 e. The minimum absolute atomic E-state index is 0.686. The molecule has 0 amide bonds. The molecular formula is C22H23N3O2S. The number of hydrogen-bond acceptors (Lipinski definition) is 6. The number of fused-ring (bicyclic) bond motifs is 1. The van der Waals surface area contributed by atoms with Crippen molar-refractivity contribution in [1.82, 2.24) is 15.0 Å². The Bertz CT molecular complexity index is 1040. The number of thiophene rings is 1. The Morgan fingerprint density at radius 1 is 1.11 bits per heavy atom. The molecule has 0 radical (unpaired) electrons. The van der Waals surface area contributed by atoms with E-state index in [0.717, 1.165) is 36.6 Å². The fraction of sp³-hybridized carbons (Fsp3) is 0.273. The van der Waals surface area contributed by atoms with Crippen molar-refractivity contribution in [3.63, 3.8) is 0 Å². The van der Waals surface area contributed by atoms with E-state index in [0.29, 0.717) is 11.7 Å². The lowest BCUT2D eigenvalue weighted by Crippen LogP contribution is -2.19. The minimum atomic E-state index is 0.686. The topological polar surface area (TPSA) is 51.4 Å². The summed E-state index contributed by atoms with van der Waals surface area (Å²) in [5, 5.41) is 8.52. The van der Waals surface area contributed by atoms with Gasteiger partial charge in [0.25, 0.3) is 0 Å². The molecule has 2 aromatic heterocycles. The zero-order valence-electron chi connectivity index (χ0n) is 16.1. The third kappa shape index (κ3) is 4.40. The molecule has 2 aromatic carbocycles. The maximum Gasteiger partial charge on any atom is 0.227 e. The van der Waals surface area contributed by atoms with Gasteiger partial charge in [0.2, 0.25) is 11.7 Å². The molecule has 2 heterocycles. The second-order valence-corrected chi connectivity index (χ2v) is 7.83. The van der Waals surface area contributed by atoms with Crippen LogP contribution in [0.15, 0.2) is 58.4 Å².